The number of benzene rings is 2. The number of ether oxygens (including phenoxy) is 1. The zero-order valence-corrected chi connectivity index (χ0v) is 13.6. The average molecular weight is 418 g/mol. The molecule has 108 valence electrons. The predicted octanol–water partition coefficient (Wildman–Crippen LogP) is 4.09. The van der Waals surface area contributed by atoms with E-state index in [-0.39, 0.29) is 18.3 Å². The summed E-state index contributed by atoms with van der Waals surface area (Å²) in [7, 11) is 0. The van der Waals surface area contributed by atoms with Crippen molar-refractivity contribution in [3.63, 3.8) is 0 Å². The number of fused-ring (bicyclic) bond motifs is 1. The lowest BCUT2D eigenvalue weighted by Crippen LogP contribution is -2.25. The summed E-state index contributed by atoms with van der Waals surface area (Å²) in [5.41, 5.74) is 2.24. The largest absolute Gasteiger partial charge is 0.482 e. The van der Waals surface area contributed by atoms with Gasteiger partial charge in [-0.25, -0.2) is 4.39 Å². The van der Waals surface area contributed by atoms with Crippen molar-refractivity contribution in [2.24, 2.45) is 0 Å². The molecule has 1 atom stereocenters. The Morgan fingerprint density at radius 1 is 1.29 bits per heavy atom. The van der Waals surface area contributed by atoms with Crippen molar-refractivity contribution in [1.29, 1.82) is 0 Å². The van der Waals surface area contributed by atoms with Crippen LogP contribution in [0.25, 0.3) is 0 Å². The number of hydrogen-bond donors (Lipinski definition) is 1. The van der Waals surface area contributed by atoms with Crippen LogP contribution in [0.4, 0.5) is 10.1 Å². The van der Waals surface area contributed by atoms with Gasteiger partial charge in [-0.1, -0.05) is 12.1 Å². The Labute approximate surface area is 139 Å². The fourth-order valence-electron chi connectivity index (χ4n) is 2.14. The summed E-state index contributed by atoms with van der Waals surface area (Å²) in [4.78, 5) is 11.4. The minimum Gasteiger partial charge on any atom is -0.482 e. The monoisotopic (exact) mass is 417 g/mol. The SMILES string of the molecule is O=C1COc2ccc(C(Cl)c3ccc(F)cc3I)cc2N1. The van der Waals surface area contributed by atoms with Crippen molar-refractivity contribution in [1.82, 2.24) is 0 Å². The fraction of sp³-hybridized carbons (Fsp3) is 0.133. The predicted molar refractivity (Wildman–Crippen MR) is 87.4 cm³/mol. The van der Waals surface area contributed by atoms with E-state index in [0.717, 1.165) is 14.7 Å². The molecule has 1 N–H and O–H groups in total. The van der Waals surface area contributed by atoms with Crippen LogP contribution in [0.1, 0.15) is 16.5 Å². The van der Waals surface area contributed by atoms with Crippen LogP contribution in [0, 0.1) is 9.39 Å². The first kappa shape index (κ1) is 14.6. The molecular formula is C15H10ClFINO2. The highest BCUT2D eigenvalue weighted by atomic mass is 127. The third-order valence-corrected chi connectivity index (χ3v) is 4.59. The highest BCUT2D eigenvalue weighted by Gasteiger charge is 2.20. The molecule has 0 spiro atoms. The normalized spacial score (nSPS) is 14.9. The van der Waals surface area contributed by atoms with Crippen molar-refractivity contribution in [3.05, 3.63) is 56.9 Å². The van der Waals surface area contributed by atoms with Crippen molar-refractivity contribution in [2.45, 2.75) is 5.38 Å². The zero-order chi connectivity index (χ0) is 15.0. The minimum absolute atomic E-state index is 0.0203. The van der Waals surface area contributed by atoms with Crippen LogP contribution in [0.5, 0.6) is 5.75 Å². The number of anilines is 1. The van der Waals surface area contributed by atoms with E-state index in [4.69, 9.17) is 16.3 Å². The topological polar surface area (TPSA) is 38.3 Å². The molecule has 0 fully saturated rings. The molecule has 0 radical (unpaired) electrons. The van der Waals surface area contributed by atoms with E-state index in [1.165, 1.54) is 12.1 Å². The molecule has 1 amide bonds. The lowest BCUT2D eigenvalue weighted by Gasteiger charge is -2.20. The Balaban J connectivity index is 1.96. The van der Waals surface area contributed by atoms with E-state index in [1.807, 2.05) is 6.07 Å². The standard InChI is InChI=1S/C15H10ClFINO2/c16-15(10-3-2-9(17)6-11(10)18)8-1-4-13-12(5-8)19-14(20)7-21-13/h1-6,15H,7H2,(H,19,20). The summed E-state index contributed by atoms with van der Waals surface area (Å²) in [6.45, 7) is 0.0203. The first-order valence-electron chi connectivity index (χ1n) is 6.20. The molecule has 1 aliphatic heterocycles. The maximum atomic E-state index is 13.2. The molecule has 1 unspecified atom stereocenters. The number of alkyl halides is 1. The van der Waals surface area contributed by atoms with Crippen LogP contribution in [0.3, 0.4) is 0 Å². The Morgan fingerprint density at radius 2 is 2.10 bits per heavy atom. The van der Waals surface area contributed by atoms with Gasteiger partial charge < -0.3 is 10.1 Å². The van der Waals surface area contributed by atoms with Gasteiger partial charge in [-0.15, -0.1) is 11.6 Å². The summed E-state index contributed by atoms with van der Waals surface area (Å²) in [5, 5.41) is 2.32. The van der Waals surface area contributed by atoms with Crippen molar-refractivity contribution < 1.29 is 13.9 Å². The molecule has 3 rings (SSSR count). The second kappa shape index (κ2) is 5.81. The Morgan fingerprint density at radius 3 is 2.86 bits per heavy atom. The van der Waals surface area contributed by atoms with Gasteiger partial charge in [-0.2, -0.15) is 0 Å². The number of carbonyl (C=O) groups excluding carboxylic acids is 1. The summed E-state index contributed by atoms with van der Waals surface area (Å²) in [6.07, 6.45) is 0. The zero-order valence-electron chi connectivity index (χ0n) is 10.7. The molecule has 0 aliphatic carbocycles. The van der Waals surface area contributed by atoms with Gasteiger partial charge in [-0.05, 0) is 58.0 Å². The van der Waals surface area contributed by atoms with Gasteiger partial charge in [0.2, 0.25) is 0 Å². The maximum Gasteiger partial charge on any atom is 0.262 e. The van der Waals surface area contributed by atoms with E-state index in [9.17, 15) is 9.18 Å². The summed E-state index contributed by atoms with van der Waals surface area (Å²) in [6, 6.07) is 9.89. The van der Waals surface area contributed by atoms with E-state index in [0.29, 0.717) is 11.4 Å². The molecule has 0 bridgehead atoms. The van der Waals surface area contributed by atoms with Gasteiger partial charge in [0.1, 0.15) is 11.6 Å². The van der Waals surface area contributed by atoms with Crippen LogP contribution in [0.2, 0.25) is 0 Å². The summed E-state index contributed by atoms with van der Waals surface area (Å²) >= 11 is 8.54. The molecule has 3 nitrogen and oxygen atoms in total. The molecule has 0 aromatic heterocycles. The molecule has 0 saturated carbocycles. The van der Waals surface area contributed by atoms with Gasteiger partial charge >= 0.3 is 0 Å². The highest BCUT2D eigenvalue weighted by molar-refractivity contribution is 14.1. The van der Waals surface area contributed by atoms with E-state index in [1.54, 1.807) is 18.2 Å². The van der Waals surface area contributed by atoms with Gasteiger partial charge in [0, 0.05) is 3.57 Å². The number of halogens is 3. The smallest absolute Gasteiger partial charge is 0.262 e. The Kier molecular flexibility index (Phi) is 4.03. The van der Waals surface area contributed by atoms with E-state index in [2.05, 4.69) is 27.9 Å². The van der Waals surface area contributed by atoms with Crippen molar-refractivity contribution in [2.75, 3.05) is 11.9 Å². The van der Waals surface area contributed by atoms with E-state index >= 15 is 0 Å². The molecule has 1 heterocycles. The number of hydrogen-bond acceptors (Lipinski definition) is 2. The number of rotatable bonds is 2. The van der Waals surface area contributed by atoms with Crippen LogP contribution < -0.4 is 10.1 Å². The molecular weight excluding hydrogens is 408 g/mol. The number of nitrogens with one attached hydrogen (secondary N) is 1. The number of carbonyl (C=O) groups is 1. The van der Waals surface area contributed by atoms with Gasteiger partial charge in [-0.3, -0.25) is 4.79 Å². The quantitative estimate of drug-likeness (QED) is 0.590. The highest BCUT2D eigenvalue weighted by Crippen LogP contribution is 2.37. The summed E-state index contributed by atoms with van der Waals surface area (Å²) < 4.78 is 19.2. The molecule has 2 aromatic carbocycles. The second-order valence-electron chi connectivity index (χ2n) is 4.62. The van der Waals surface area contributed by atoms with Gasteiger partial charge in [0.25, 0.3) is 5.91 Å². The van der Waals surface area contributed by atoms with Crippen LogP contribution in [-0.2, 0) is 4.79 Å². The van der Waals surface area contributed by atoms with Crippen LogP contribution in [0.15, 0.2) is 36.4 Å². The van der Waals surface area contributed by atoms with Gasteiger partial charge in [0.05, 0.1) is 11.1 Å². The maximum absolute atomic E-state index is 13.2. The first-order chi connectivity index (χ1) is 10.0. The first-order valence-corrected chi connectivity index (χ1v) is 7.72. The fourth-order valence-corrected chi connectivity index (χ4v) is 3.44. The lowest BCUT2D eigenvalue weighted by molar-refractivity contribution is -0.118. The van der Waals surface area contributed by atoms with Crippen molar-refractivity contribution in [3.8, 4) is 5.75 Å². The van der Waals surface area contributed by atoms with Crippen LogP contribution >= 0.6 is 34.2 Å². The number of amides is 1. The Bertz CT molecular complexity index is 723. The van der Waals surface area contributed by atoms with E-state index < -0.39 is 5.38 Å². The van der Waals surface area contributed by atoms with Crippen molar-refractivity contribution >= 4 is 45.8 Å². The Hall–Kier alpha value is -1.34. The minimum atomic E-state index is -0.429. The second-order valence-corrected chi connectivity index (χ2v) is 6.22. The lowest BCUT2D eigenvalue weighted by atomic mass is 10.0. The molecule has 2 aromatic rings. The average Bonchev–Trinajstić information content (AvgIpc) is 2.46. The third kappa shape index (κ3) is 2.98. The molecule has 6 heteroatoms. The van der Waals surface area contributed by atoms with Gasteiger partial charge in [0.15, 0.2) is 6.61 Å². The molecule has 1 aliphatic rings. The third-order valence-electron chi connectivity index (χ3n) is 3.16. The molecule has 0 saturated heterocycles. The summed E-state index contributed by atoms with van der Waals surface area (Å²) in [5.74, 6) is 0.135. The molecule has 21 heavy (non-hydrogen) atoms. The van der Waals surface area contributed by atoms with Crippen LogP contribution in [-0.4, -0.2) is 12.5 Å².